The van der Waals surface area contributed by atoms with Crippen molar-refractivity contribution in [2.24, 2.45) is 0 Å². The fourth-order valence-electron chi connectivity index (χ4n) is 2.87. The maximum Gasteiger partial charge on any atom is 0.355 e. The van der Waals surface area contributed by atoms with Gasteiger partial charge in [-0.05, 0) is 38.3 Å². The van der Waals surface area contributed by atoms with Crippen molar-refractivity contribution in [2.75, 3.05) is 6.61 Å². The summed E-state index contributed by atoms with van der Waals surface area (Å²) in [6.07, 6.45) is 7.50. The highest BCUT2D eigenvalue weighted by Gasteiger charge is 2.19. The number of ether oxygens (including phenoxy) is 1. The van der Waals surface area contributed by atoms with Crippen molar-refractivity contribution < 1.29 is 14.3 Å². The number of hydrogen-bond acceptors (Lipinski definition) is 3. The van der Waals surface area contributed by atoms with E-state index < -0.39 is 0 Å². The van der Waals surface area contributed by atoms with Gasteiger partial charge in [-0.25, -0.2) is 4.79 Å². The molecule has 1 saturated carbocycles. The van der Waals surface area contributed by atoms with Gasteiger partial charge in [0.05, 0.1) is 6.61 Å². The van der Waals surface area contributed by atoms with Crippen LogP contribution in [0, 0.1) is 6.92 Å². The molecule has 116 valence electrons. The molecule has 1 aromatic rings. The topological polar surface area (TPSA) is 60.3 Å². The van der Waals surface area contributed by atoms with E-state index in [1.54, 1.807) is 17.7 Å². The first-order chi connectivity index (χ1) is 10.1. The van der Waals surface area contributed by atoms with E-state index in [0.717, 1.165) is 18.4 Å². The van der Waals surface area contributed by atoms with E-state index in [1.807, 2.05) is 13.0 Å². The minimum atomic E-state index is -0.370. The normalized spacial score (nSPS) is 15.7. The predicted octanol–water partition coefficient (Wildman–Crippen LogP) is 2.42. The van der Waals surface area contributed by atoms with Crippen LogP contribution in [0.25, 0.3) is 0 Å². The van der Waals surface area contributed by atoms with Gasteiger partial charge in [-0.2, -0.15) is 0 Å². The Morgan fingerprint density at radius 1 is 1.33 bits per heavy atom. The number of nitrogens with one attached hydrogen (secondary N) is 1. The molecule has 0 saturated heterocycles. The van der Waals surface area contributed by atoms with Gasteiger partial charge in [-0.15, -0.1) is 0 Å². The van der Waals surface area contributed by atoms with E-state index in [9.17, 15) is 9.59 Å². The van der Waals surface area contributed by atoms with Crippen molar-refractivity contribution in [1.29, 1.82) is 0 Å². The van der Waals surface area contributed by atoms with E-state index in [1.165, 1.54) is 19.3 Å². The number of aryl methyl sites for hydroxylation is 1. The summed E-state index contributed by atoms with van der Waals surface area (Å²) in [6.45, 7) is 4.12. The highest BCUT2D eigenvalue weighted by Crippen LogP contribution is 2.17. The number of amides is 1. The van der Waals surface area contributed by atoms with Gasteiger partial charge in [-0.3, -0.25) is 4.79 Å². The van der Waals surface area contributed by atoms with Crippen molar-refractivity contribution in [1.82, 2.24) is 9.88 Å². The van der Waals surface area contributed by atoms with Crippen LogP contribution >= 0.6 is 0 Å². The smallest absolute Gasteiger partial charge is 0.355 e. The first kappa shape index (κ1) is 15.6. The number of nitrogens with zero attached hydrogens (tertiary/aromatic N) is 1. The van der Waals surface area contributed by atoms with Gasteiger partial charge >= 0.3 is 5.97 Å². The monoisotopic (exact) mass is 292 g/mol. The molecule has 0 spiro atoms. The van der Waals surface area contributed by atoms with Crippen LogP contribution in [0.1, 0.15) is 55.1 Å². The van der Waals surface area contributed by atoms with Crippen LogP contribution in [0.5, 0.6) is 0 Å². The summed E-state index contributed by atoms with van der Waals surface area (Å²) in [5, 5.41) is 3.06. The van der Waals surface area contributed by atoms with E-state index in [-0.39, 0.29) is 24.5 Å². The molecular weight excluding hydrogens is 268 g/mol. The molecule has 5 nitrogen and oxygen atoms in total. The Balaban J connectivity index is 1.98. The lowest BCUT2D eigenvalue weighted by molar-refractivity contribution is -0.122. The van der Waals surface area contributed by atoms with E-state index in [4.69, 9.17) is 4.74 Å². The van der Waals surface area contributed by atoms with Crippen molar-refractivity contribution in [2.45, 2.75) is 58.5 Å². The zero-order valence-electron chi connectivity index (χ0n) is 12.9. The van der Waals surface area contributed by atoms with Crippen LogP contribution in [0.4, 0.5) is 0 Å². The lowest BCUT2D eigenvalue weighted by atomic mass is 9.95. The second-order valence-corrected chi connectivity index (χ2v) is 5.60. The molecule has 0 unspecified atom stereocenters. The van der Waals surface area contributed by atoms with Gasteiger partial charge in [0, 0.05) is 12.2 Å². The molecule has 1 amide bonds. The molecule has 1 fully saturated rings. The zero-order chi connectivity index (χ0) is 15.2. The third kappa shape index (κ3) is 4.09. The average molecular weight is 292 g/mol. The molecule has 1 aromatic heterocycles. The Kier molecular flexibility index (Phi) is 5.42. The number of carbonyl (C=O) groups is 2. The number of aromatic nitrogens is 1. The molecule has 0 bridgehead atoms. The lowest BCUT2D eigenvalue weighted by Crippen LogP contribution is -2.38. The van der Waals surface area contributed by atoms with Crippen LogP contribution in [-0.2, 0) is 16.1 Å². The summed E-state index contributed by atoms with van der Waals surface area (Å²) >= 11 is 0. The lowest BCUT2D eigenvalue weighted by Gasteiger charge is -2.23. The van der Waals surface area contributed by atoms with Gasteiger partial charge in [0.25, 0.3) is 0 Å². The van der Waals surface area contributed by atoms with E-state index in [0.29, 0.717) is 12.3 Å². The molecule has 1 aliphatic carbocycles. The van der Waals surface area contributed by atoms with Gasteiger partial charge < -0.3 is 14.6 Å². The average Bonchev–Trinajstić information content (AvgIpc) is 2.81. The summed E-state index contributed by atoms with van der Waals surface area (Å²) < 4.78 is 6.72. The van der Waals surface area contributed by atoms with E-state index >= 15 is 0 Å². The Morgan fingerprint density at radius 3 is 2.71 bits per heavy atom. The van der Waals surface area contributed by atoms with Gasteiger partial charge in [0.2, 0.25) is 5.91 Å². The van der Waals surface area contributed by atoms with Gasteiger partial charge in [0.15, 0.2) is 0 Å². The first-order valence-corrected chi connectivity index (χ1v) is 7.74. The maximum absolute atomic E-state index is 12.1. The standard InChI is InChI=1S/C16H24N2O3/c1-3-21-16(20)15-12(2)9-10-18(15)11-14(19)17-13-7-5-4-6-8-13/h9-10,13H,3-8,11H2,1-2H3,(H,17,19). The number of carbonyl (C=O) groups excluding carboxylic acids is 2. The molecule has 21 heavy (non-hydrogen) atoms. The molecule has 0 atom stereocenters. The van der Waals surface area contributed by atoms with Crippen molar-refractivity contribution in [3.8, 4) is 0 Å². The Morgan fingerprint density at radius 2 is 2.05 bits per heavy atom. The largest absolute Gasteiger partial charge is 0.461 e. The minimum Gasteiger partial charge on any atom is -0.461 e. The van der Waals surface area contributed by atoms with Crippen LogP contribution < -0.4 is 5.32 Å². The highest BCUT2D eigenvalue weighted by molar-refractivity contribution is 5.90. The number of rotatable bonds is 5. The molecule has 1 aliphatic rings. The second kappa shape index (κ2) is 7.29. The number of esters is 1. The van der Waals surface area contributed by atoms with Crippen molar-refractivity contribution >= 4 is 11.9 Å². The molecule has 5 heteroatoms. The quantitative estimate of drug-likeness (QED) is 0.848. The molecular formula is C16H24N2O3. The van der Waals surface area contributed by atoms with Crippen molar-refractivity contribution in [3.63, 3.8) is 0 Å². The highest BCUT2D eigenvalue weighted by atomic mass is 16.5. The third-order valence-corrected chi connectivity index (χ3v) is 3.92. The van der Waals surface area contributed by atoms with Crippen LogP contribution in [0.2, 0.25) is 0 Å². The third-order valence-electron chi connectivity index (χ3n) is 3.92. The summed E-state index contributed by atoms with van der Waals surface area (Å²) in [4.78, 5) is 24.1. The first-order valence-electron chi connectivity index (χ1n) is 7.74. The minimum absolute atomic E-state index is 0.0388. The molecule has 0 aliphatic heterocycles. The molecule has 1 heterocycles. The molecule has 2 rings (SSSR count). The summed E-state index contributed by atoms with van der Waals surface area (Å²) in [5.74, 6) is -0.409. The number of hydrogen-bond donors (Lipinski definition) is 1. The van der Waals surface area contributed by atoms with E-state index in [2.05, 4.69) is 5.32 Å². The van der Waals surface area contributed by atoms with Crippen LogP contribution in [-0.4, -0.2) is 29.1 Å². The maximum atomic E-state index is 12.1. The molecule has 0 radical (unpaired) electrons. The fourth-order valence-corrected chi connectivity index (χ4v) is 2.87. The summed E-state index contributed by atoms with van der Waals surface area (Å²) in [6, 6.07) is 2.12. The molecule has 0 aromatic carbocycles. The zero-order valence-corrected chi connectivity index (χ0v) is 12.9. The Hall–Kier alpha value is -1.78. The second-order valence-electron chi connectivity index (χ2n) is 5.60. The summed E-state index contributed by atoms with van der Waals surface area (Å²) in [5.41, 5.74) is 1.30. The fraction of sp³-hybridized carbons (Fsp3) is 0.625. The van der Waals surface area contributed by atoms with Crippen molar-refractivity contribution in [3.05, 3.63) is 23.5 Å². The van der Waals surface area contributed by atoms with Crippen LogP contribution in [0.3, 0.4) is 0 Å². The van der Waals surface area contributed by atoms with Crippen LogP contribution in [0.15, 0.2) is 12.3 Å². The Bertz CT molecular complexity index is 502. The molecule has 1 N–H and O–H groups in total. The SMILES string of the molecule is CCOC(=O)c1c(C)ccn1CC(=O)NC1CCCCC1. The van der Waals surface area contributed by atoms with Gasteiger partial charge in [-0.1, -0.05) is 19.3 Å². The van der Waals surface area contributed by atoms with Gasteiger partial charge in [0.1, 0.15) is 12.2 Å². The summed E-state index contributed by atoms with van der Waals surface area (Å²) in [7, 11) is 0. The predicted molar refractivity (Wildman–Crippen MR) is 80.1 cm³/mol. The Labute approximate surface area is 125 Å².